The van der Waals surface area contributed by atoms with E-state index >= 15 is 0 Å². The number of hydrogen-bond donors (Lipinski definition) is 1. The summed E-state index contributed by atoms with van der Waals surface area (Å²) < 4.78 is 11.1. The number of anilines is 1. The van der Waals surface area contributed by atoms with Crippen molar-refractivity contribution in [3.8, 4) is 17.2 Å². The van der Waals surface area contributed by atoms with Gasteiger partial charge in [-0.25, -0.2) is 0 Å². The highest BCUT2D eigenvalue weighted by Crippen LogP contribution is 2.23. The van der Waals surface area contributed by atoms with Crippen LogP contribution in [0.15, 0.2) is 59.0 Å². The summed E-state index contributed by atoms with van der Waals surface area (Å²) in [5.74, 6) is 0.453. The van der Waals surface area contributed by atoms with E-state index in [9.17, 15) is 4.79 Å². The zero-order valence-electron chi connectivity index (χ0n) is 12.6. The first-order valence-corrected chi connectivity index (χ1v) is 7.74. The maximum absolute atomic E-state index is 11.2. The van der Waals surface area contributed by atoms with Gasteiger partial charge in [0, 0.05) is 5.56 Å². The first kappa shape index (κ1) is 16.0. The predicted molar refractivity (Wildman–Crippen MR) is 89.9 cm³/mol. The Morgan fingerprint density at radius 2 is 1.83 bits per heavy atom. The number of amides is 1. The summed E-state index contributed by atoms with van der Waals surface area (Å²) in [6.45, 7) is 0.495. The second-order valence-electron chi connectivity index (χ2n) is 4.89. The van der Waals surface area contributed by atoms with Crippen LogP contribution in [-0.2, 0) is 11.4 Å². The summed E-state index contributed by atoms with van der Waals surface area (Å²) >= 11 is 5.40. The summed E-state index contributed by atoms with van der Waals surface area (Å²) in [4.78, 5) is 11.2. The number of halogens is 1. The normalized spacial score (nSPS) is 10.4. The number of ether oxygens (including phenoxy) is 1. The zero-order valence-corrected chi connectivity index (χ0v) is 13.4. The van der Waals surface area contributed by atoms with Gasteiger partial charge in [0.25, 0.3) is 0 Å². The van der Waals surface area contributed by atoms with Crippen LogP contribution < -0.4 is 10.1 Å². The van der Waals surface area contributed by atoms with E-state index in [2.05, 4.69) is 15.5 Å². The molecule has 0 aliphatic carbocycles. The maximum atomic E-state index is 11.2. The van der Waals surface area contributed by atoms with Gasteiger partial charge in [0.2, 0.25) is 11.8 Å². The number of benzene rings is 2. The van der Waals surface area contributed by atoms with Crippen molar-refractivity contribution in [2.24, 2.45) is 0 Å². The van der Waals surface area contributed by atoms with Crippen molar-refractivity contribution < 1.29 is 13.9 Å². The molecule has 1 heterocycles. The number of nitrogens with zero attached hydrogens (tertiary/aromatic N) is 2. The Morgan fingerprint density at radius 1 is 1.08 bits per heavy atom. The number of carbonyl (C=O) groups is 1. The first-order valence-electron chi connectivity index (χ1n) is 7.21. The third kappa shape index (κ3) is 4.11. The lowest BCUT2D eigenvalue weighted by Crippen LogP contribution is -2.12. The lowest BCUT2D eigenvalue weighted by atomic mass is 10.2. The van der Waals surface area contributed by atoms with Crippen LogP contribution in [0.25, 0.3) is 11.5 Å². The second kappa shape index (κ2) is 7.61. The van der Waals surface area contributed by atoms with Crippen LogP contribution in [0.5, 0.6) is 5.75 Å². The minimum Gasteiger partial charge on any atom is -0.489 e. The Morgan fingerprint density at radius 3 is 2.54 bits per heavy atom. The fourth-order valence-corrected chi connectivity index (χ4v) is 2.04. The molecule has 0 aliphatic rings. The molecule has 0 fully saturated rings. The molecule has 1 N–H and O–H groups in total. The highest BCUT2D eigenvalue weighted by Gasteiger charge is 2.10. The number of hydrogen-bond acceptors (Lipinski definition) is 5. The average molecular weight is 344 g/mol. The Balaban J connectivity index is 1.63. The monoisotopic (exact) mass is 343 g/mol. The topological polar surface area (TPSA) is 77.2 Å². The molecule has 0 saturated heterocycles. The van der Waals surface area contributed by atoms with Gasteiger partial charge in [-0.2, -0.15) is 0 Å². The van der Waals surface area contributed by atoms with Crippen LogP contribution in [-0.4, -0.2) is 22.0 Å². The largest absolute Gasteiger partial charge is 0.489 e. The Labute approximate surface area is 143 Å². The van der Waals surface area contributed by atoms with Crippen LogP contribution in [0.3, 0.4) is 0 Å². The van der Waals surface area contributed by atoms with Gasteiger partial charge in [-0.3, -0.25) is 10.1 Å². The summed E-state index contributed by atoms with van der Waals surface area (Å²) in [5, 5.41) is 10.0. The van der Waals surface area contributed by atoms with Crippen molar-refractivity contribution in [2.45, 2.75) is 6.61 Å². The molecule has 7 heteroatoms. The van der Waals surface area contributed by atoms with Gasteiger partial charge in [0.15, 0.2) is 0 Å². The van der Waals surface area contributed by atoms with Gasteiger partial charge < -0.3 is 9.15 Å². The van der Waals surface area contributed by atoms with Crippen LogP contribution >= 0.6 is 11.6 Å². The van der Waals surface area contributed by atoms with Gasteiger partial charge >= 0.3 is 6.01 Å². The van der Waals surface area contributed by atoms with Crippen LogP contribution in [0.2, 0.25) is 0 Å². The first-order chi connectivity index (χ1) is 11.7. The molecule has 0 atom stereocenters. The predicted octanol–water partition coefficient (Wildman–Crippen LogP) is 3.49. The van der Waals surface area contributed by atoms with E-state index in [1.807, 2.05) is 42.5 Å². The quantitative estimate of drug-likeness (QED) is 0.693. The third-order valence-electron chi connectivity index (χ3n) is 3.14. The number of nitrogens with one attached hydrogen (secondary N) is 1. The molecule has 1 aromatic heterocycles. The number of carbonyl (C=O) groups excluding carboxylic acids is 1. The standard InChI is InChI=1S/C17H14ClN3O3/c18-10-15(22)19-17-21-20-16(24-17)13-6-8-14(9-7-13)23-11-12-4-2-1-3-5-12/h1-9H,10-11H2,(H,19,21,22). The third-order valence-corrected chi connectivity index (χ3v) is 3.39. The van der Waals surface area contributed by atoms with Gasteiger partial charge in [-0.1, -0.05) is 35.4 Å². The lowest BCUT2D eigenvalue weighted by molar-refractivity contribution is -0.114. The lowest BCUT2D eigenvalue weighted by Gasteiger charge is -2.06. The smallest absolute Gasteiger partial charge is 0.322 e. The molecule has 24 heavy (non-hydrogen) atoms. The Kier molecular flexibility index (Phi) is 5.08. The fraction of sp³-hybridized carbons (Fsp3) is 0.118. The molecule has 0 unspecified atom stereocenters. The molecule has 3 rings (SSSR count). The van der Waals surface area contributed by atoms with Gasteiger partial charge in [-0.05, 0) is 29.8 Å². The Hall–Kier alpha value is -2.86. The molecule has 0 aliphatic heterocycles. The molecule has 0 spiro atoms. The van der Waals surface area contributed by atoms with E-state index < -0.39 is 5.91 Å². The van der Waals surface area contributed by atoms with Gasteiger partial charge in [0.1, 0.15) is 18.2 Å². The van der Waals surface area contributed by atoms with Crippen molar-refractivity contribution in [1.29, 1.82) is 0 Å². The zero-order chi connectivity index (χ0) is 16.8. The molecule has 6 nitrogen and oxygen atoms in total. The number of rotatable bonds is 6. The summed E-state index contributed by atoms with van der Waals surface area (Å²) in [7, 11) is 0. The van der Waals surface area contributed by atoms with Crippen molar-refractivity contribution in [1.82, 2.24) is 10.2 Å². The second-order valence-corrected chi connectivity index (χ2v) is 5.16. The van der Waals surface area contributed by atoms with Crippen LogP contribution in [0, 0.1) is 0 Å². The maximum Gasteiger partial charge on any atom is 0.322 e. The van der Waals surface area contributed by atoms with Gasteiger partial charge in [-0.15, -0.1) is 16.7 Å². The van der Waals surface area contributed by atoms with Crippen molar-refractivity contribution >= 4 is 23.5 Å². The van der Waals surface area contributed by atoms with Gasteiger partial charge in [0.05, 0.1) is 0 Å². The van der Waals surface area contributed by atoms with Crippen molar-refractivity contribution in [3.05, 3.63) is 60.2 Å². The molecule has 0 saturated carbocycles. The van der Waals surface area contributed by atoms with E-state index in [0.717, 1.165) is 16.9 Å². The van der Waals surface area contributed by atoms with E-state index in [-0.39, 0.29) is 11.9 Å². The molecule has 0 bridgehead atoms. The number of alkyl halides is 1. The van der Waals surface area contributed by atoms with E-state index in [1.54, 1.807) is 12.1 Å². The highest BCUT2D eigenvalue weighted by molar-refractivity contribution is 6.28. The SMILES string of the molecule is O=C(CCl)Nc1nnc(-c2ccc(OCc3ccccc3)cc2)o1. The van der Waals surface area contributed by atoms with Crippen molar-refractivity contribution in [3.63, 3.8) is 0 Å². The van der Waals surface area contributed by atoms with Crippen molar-refractivity contribution in [2.75, 3.05) is 11.2 Å². The van der Waals surface area contributed by atoms with Crippen LogP contribution in [0.1, 0.15) is 5.56 Å². The van der Waals surface area contributed by atoms with E-state index in [1.165, 1.54) is 0 Å². The van der Waals surface area contributed by atoms with E-state index in [0.29, 0.717) is 12.5 Å². The Bertz CT molecular complexity index is 803. The minimum absolute atomic E-state index is 0.0139. The summed E-state index contributed by atoms with van der Waals surface area (Å²) in [5.41, 5.74) is 1.82. The molecule has 1 amide bonds. The summed E-state index contributed by atoms with van der Waals surface area (Å²) in [6.07, 6.45) is 0. The molecular weight excluding hydrogens is 330 g/mol. The minimum atomic E-state index is -0.406. The average Bonchev–Trinajstić information content (AvgIpc) is 3.09. The van der Waals surface area contributed by atoms with E-state index in [4.69, 9.17) is 20.8 Å². The highest BCUT2D eigenvalue weighted by atomic mass is 35.5. The molecule has 0 radical (unpaired) electrons. The summed E-state index contributed by atoms with van der Waals surface area (Å²) in [6, 6.07) is 17.2. The molecule has 122 valence electrons. The molecule has 2 aromatic carbocycles. The van der Waals surface area contributed by atoms with Crippen LogP contribution in [0.4, 0.5) is 6.01 Å². The fourth-order valence-electron chi connectivity index (χ4n) is 1.98. The molecule has 3 aromatic rings. The molecular formula is C17H14ClN3O3. The number of aromatic nitrogens is 2.